The predicted octanol–water partition coefficient (Wildman–Crippen LogP) is 5.21. The topological polar surface area (TPSA) is 90.9 Å². The summed E-state index contributed by atoms with van der Waals surface area (Å²) in [6.45, 7) is 10.1. The van der Waals surface area contributed by atoms with E-state index in [1.165, 1.54) is 0 Å². The zero-order valence-electron chi connectivity index (χ0n) is 24.1. The fourth-order valence-corrected chi connectivity index (χ4v) is 4.76. The van der Waals surface area contributed by atoms with Gasteiger partial charge in [0.15, 0.2) is 11.5 Å². The molecule has 1 aliphatic heterocycles. The average Bonchev–Trinajstić information content (AvgIpc) is 3.42. The fraction of sp³-hybridized carbons (Fsp3) is 0.375. The number of fused-ring (bicyclic) bond motifs is 1. The molecule has 0 aliphatic carbocycles. The maximum Gasteiger partial charge on any atom is 0.260 e. The quantitative estimate of drug-likeness (QED) is 0.190. The molecule has 0 radical (unpaired) electrons. The first-order valence-electron chi connectivity index (χ1n) is 13.7. The first kappa shape index (κ1) is 30.0. The number of hydrogen-bond acceptors (Lipinski definition) is 8. The molecule has 3 aromatic rings. The van der Waals surface area contributed by atoms with Gasteiger partial charge in [-0.25, -0.2) is 0 Å². The van der Waals surface area contributed by atoms with Crippen LogP contribution in [0.3, 0.4) is 0 Å². The third-order valence-electron chi connectivity index (χ3n) is 6.73. The summed E-state index contributed by atoms with van der Waals surface area (Å²) in [5.74, 6) is 0.812. The molecular weight excluding hydrogens is 522 g/mol. The summed E-state index contributed by atoms with van der Waals surface area (Å²) in [6, 6.07) is 17.5. The smallest absolute Gasteiger partial charge is 0.260 e. The Bertz CT molecular complexity index is 1330. The van der Waals surface area contributed by atoms with Crippen LogP contribution in [0.5, 0.6) is 11.5 Å². The van der Waals surface area contributed by atoms with Crippen LogP contribution in [0.4, 0.5) is 17.1 Å². The Morgan fingerprint density at radius 2 is 1.76 bits per heavy atom. The molecule has 9 nitrogen and oxygen atoms in total. The number of aliphatic imine (C=N–C) groups is 1. The number of carbonyl (C=O) groups excluding carboxylic acids is 1. The number of benzene rings is 3. The molecule has 0 saturated carbocycles. The largest absolute Gasteiger partial charge is 0.493 e. The van der Waals surface area contributed by atoms with Crippen molar-refractivity contribution in [2.24, 2.45) is 4.99 Å². The summed E-state index contributed by atoms with van der Waals surface area (Å²) >= 11 is 0. The van der Waals surface area contributed by atoms with Crippen molar-refractivity contribution in [2.75, 3.05) is 70.6 Å². The Labute approximate surface area is 242 Å². The Morgan fingerprint density at radius 3 is 2.54 bits per heavy atom. The maximum absolute atomic E-state index is 13.5. The van der Waals surface area contributed by atoms with Crippen molar-refractivity contribution in [2.45, 2.75) is 20.0 Å². The van der Waals surface area contributed by atoms with E-state index in [2.05, 4.69) is 35.2 Å². The van der Waals surface area contributed by atoms with Gasteiger partial charge in [0.25, 0.3) is 5.91 Å². The molecule has 1 heterocycles. The molecular formula is C32H39N3O6. The van der Waals surface area contributed by atoms with Gasteiger partial charge >= 0.3 is 0 Å². The maximum atomic E-state index is 13.5. The average molecular weight is 562 g/mol. The molecule has 1 amide bonds. The Morgan fingerprint density at radius 1 is 0.976 bits per heavy atom. The second kappa shape index (κ2) is 15.2. The van der Waals surface area contributed by atoms with Crippen LogP contribution in [0.25, 0.3) is 0 Å². The summed E-state index contributed by atoms with van der Waals surface area (Å²) in [5.41, 5.74) is 6.03. The zero-order chi connectivity index (χ0) is 29.0. The van der Waals surface area contributed by atoms with Gasteiger partial charge in [-0.3, -0.25) is 9.79 Å². The molecule has 1 aliphatic rings. The van der Waals surface area contributed by atoms with Crippen molar-refractivity contribution in [1.29, 1.82) is 0 Å². The lowest BCUT2D eigenvalue weighted by atomic mass is 10.1. The van der Waals surface area contributed by atoms with Crippen LogP contribution in [0.15, 0.2) is 59.6 Å². The second-order valence-electron chi connectivity index (χ2n) is 9.65. The number of anilines is 2. The van der Waals surface area contributed by atoms with Crippen molar-refractivity contribution >= 4 is 29.7 Å². The van der Waals surface area contributed by atoms with E-state index >= 15 is 0 Å². The number of nitrogens with zero attached hydrogens (tertiary/aromatic N) is 2. The second-order valence-corrected chi connectivity index (χ2v) is 9.65. The predicted molar refractivity (Wildman–Crippen MR) is 162 cm³/mol. The van der Waals surface area contributed by atoms with Gasteiger partial charge in [-0.1, -0.05) is 24.3 Å². The minimum absolute atomic E-state index is 0.140. The van der Waals surface area contributed by atoms with Crippen molar-refractivity contribution in [3.05, 3.63) is 76.9 Å². The third-order valence-corrected chi connectivity index (χ3v) is 6.73. The number of rotatable bonds is 16. The molecule has 0 saturated heterocycles. The van der Waals surface area contributed by atoms with Gasteiger partial charge in [-0.2, -0.15) is 0 Å². The lowest BCUT2D eigenvalue weighted by Crippen LogP contribution is -2.29. The van der Waals surface area contributed by atoms with E-state index in [0.717, 1.165) is 34.5 Å². The summed E-state index contributed by atoms with van der Waals surface area (Å²) in [7, 11) is 3.21. The molecule has 218 valence electrons. The van der Waals surface area contributed by atoms with E-state index in [1.54, 1.807) is 31.3 Å². The Kier molecular flexibility index (Phi) is 11.1. The minimum Gasteiger partial charge on any atom is -0.493 e. The van der Waals surface area contributed by atoms with Crippen molar-refractivity contribution < 1.29 is 28.5 Å². The first-order chi connectivity index (χ1) is 20.0. The lowest BCUT2D eigenvalue weighted by molar-refractivity contribution is 0.0272. The monoisotopic (exact) mass is 561 g/mol. The van der Waals surface area contributed by atoms with Crippen molar-refractivity contribution in [3.63, 3.8) is 0 Å². The van der Waals surface area contributed by atoms with Crippen molar-refractivity contribution in [3.8, 4) is 11.5 Å². The molecule has 0 spiro atoms. The fourth-order valence-electron chi connectivity index (χ4n) is 4.76. The molecule has 9 heteroatoms. The highest BCUT2D eigenvalue weighted by atomic mass is 16.5. The van der Waals surface area contributed by atoms with Crippen LogP contribution < -0.4 is 19.7 Å². The highest BCUT2D eigenvalue weighted by molar-refractivity contribution is 6.10. The van der Waals surface area contributed by atoms with E-state index in [0.29, 0.717) is 75.5 Å². The number of nitrogens with one attached hydrogen (secondary N) is 1. The molecule has 41 heavy (non-hydrogen) atoms. The van der Waals surface area contributed by atoms with Gasteiger partial charge in [0.1, 0.15) is 6.61 Å². The van der Waals surface area contributed by atoms with E-state index in [4.69, 9.17) is 23.7 Å². The van der Waals surface area contributed by atoms with Gasteiger partial charge < -0.3 is 33.9 Å². The zero-order valence-corrected chi connectivity index (χ0v) is 24.1. The van der Waals surface area contributed by atoms with Gasteiger partial charge in [0.2, 0.25) is 0 Å². The molecule has 0 atom stereocenters. The molecule has 0 aromatic heterocycles. The number of hydrogen-bond donors (Lipinski definition) is 1. The Hall–Kier alpha value is -3.92. The molecule has 3 aromatic carbocycles. The van der Waals surface area contributed by atoms with Crippen LogP contribution in [0.1, 0.15) is 27.0 Å². The summed E-state index contributed by atoms with van der Waals surface area (Å²) in [6.07, 6.45) is 0.821. The normalized spacial score (nSPS) is 12.2. The van der Waals surface area contributed by atoms with E-state index in [-0.39, 0.29) is 5.91 Å². The minimum atomic E-state index is -0.140. The number of para-hydroxylation sites is 1. The van der Waals surface area contributed by atoms with Gasteiger partial charge in [0, 0.05) is 37.6 Å². The standard InChI is InChI=1S/C32H39N3O6/c1-23-17-24(19-26(18-23)34-10-12-39-15-16-40-14-13-37-3)22-41-31-21-28(33-2)27(20-30(31)38-4)32(36)35-11-9-25-7-5-6-8-29(25)35/h5-8,17-21,34H,2,9-16,22H2,1,3-4H3. The number of methoxy groups -OCH3 is 2. The van der Waals surface area contributed by atoms with Crippen molar-refractivity contribution in [1.82, 2.24) is 0 Å². The number of aryl methyl sites for hydroxylation is 1. The Balaban J connectivity index is 1.37. The highest BCUT2D eigenvalue weighted by Crippen LogP contribution is 2.38. The van der Waals surface area contributed by atoms with Gasteiger partial charge in [0.05, 0.1) is 51.4 Å². The molecule has 4 rings (SSSR count). The lowest BCUT2D eigenvalue weighted by Gasteiger charge is -2.20. The number of amides is 1. The third kappa shape index (κ3) is 8.07. The molecule has 0 fully saturated rings. The molecule has 1 N–H and O–H groups in total. The van der Waals surface area contributed by atoms with E-state index < -0.39 is 0 Å². The summed E-state index contributed by atoms with van der Waals surface area (Å²) in [5, 5.41) is 3.40. The summed E-state index contributed by atoms with van der Waals surface area (Å²) < 4.78 is 27.7. The first-order valence-corrected chi connectivity index (χ1v) is 13.7. The van der Waals surface area contributed by atoms with Crippen LogP contribution in [0.2, 0.25) is 0 Å². The van der Waals surface area contributed by atoms with Gasteiger partial charge in [-0.05, 0) is 61.0 Å². The van der Waals surface area contributed by atoms with Crippen LogP contribution >= 0.6 is 0 Å². The van der Waals surface area contributed by atoms with E-state index in [1.807, 2.05) is 31.2 Å². The molecule has 0 bridgehead atoms. The highest BCUT2D eigenvalue weighted by Gasteiger charge is 2.28. The summed E-state index contributed by atoms with van der Waals surface area (Å²) in [4.78, 5) is 19.5. The number of carbonyl (C=O) groups is 1. The van der Waals surface area contributed by atoms with Crippen LogP contribution in [-0.4, -0.2) is 73.0 Å². The van der Waals surface area contributed by atoms with E-state index in [9.17, 15) is 4.79 Å². The SMILES string of the molecule is C=Nc1cc(OCc2cc(C)cc(NCCOCCOCCOC)c2)c(OC)cc1C(=O)N1CCc2ccccc21. The van der Waals surface area contributed by atoms with Crippen LogP contribution in [-0.2, 0) is 27.2 Å². The molecule has 0 unspecified atom stereocenters. The van der Waals surface area contributed by atoms with Crippen LogP contribution in [0, 0.1) is 6.92 Å². The number of ether oxygens (including phenoxy) is 5. The van der Waals surface area contributed by atoms with Gasteiger partial charge in [-0.15, -0.1) is 0 Å².